The van der Waals surface area contributed by atoms with Crippen LogP contribution in [0.5, 0.6) is 0 Å². The van der Waals surface area contributed by atoms with Gasteiger partial charge in [0.1, 0.15) is 5.82 Å². The van der Waals surface area contributed by atoms with E-state index in [1.807, 2.05) is 12.4 Å². The number of hydrogen-bond donors (Lipinski definition) is 1. The number of hydrogen-bond acceptors (Lipinski definition) is 4. The Morgan fingerprint density at radius 3 is 2.82 bits per heavy atom. The Balaban J connectivity index is 1.97. The van der Waals surface area contributed by atoms with E-state index in [-0.39, 0.29) is 6.04 Å². The number of aromatic nitrogens is 2. The molecule has 1 saturated heterocycles. The van der Waals surface area contributed by atoms with Gasteiger partial charge in [-0.3, -0.25) is 0 Å². The summed E-state index contributed by atoms with van der Waals surface area (Å²) in [6.07, 6.45) is 7.90. The monoisotopic (exact) mass is 235 g/mol. The van der Waals surface area contributed by atoms with Crippen molar-refractivity contribution in [3.05, 3.63) is 23.8 Å². The molecule has 1 aromatic heterocycles. The molecule has 0 aliphatic carbocycles. The Hall–Kier alpha value is -1.00. The molecule has 1 aliphatic heterocycles. The zero-order chi connectivity index (χ0) is 12.1. The van der Waals surface area contributed by atoms with E-state index in [9.17, 15) is 0 Å². The van der Waals surface area contributed by atoms with Gasteiger partial charge in [0.15, 0.2) is 0 Å². The zero-order valence-corrected chi connectivity index (χ0v) is 10.4. The second-order valence-electron chi connectivity index (χ2n) is 4.74. The third-order valence-electron chi connectivity index (χ3n) is 3.27. The minimum absolute atomic E-state index is 0.211. The van der Waals surface area contributed by atoms with Crippen LogP contribution in [0.3, 0.4) is 0 Å². The SMILES string of the molecule is CCC(N)Cc1cnc(C2CCCOC2)nc1. The summed E-state index contributed by atoms with van der Waals surface area (Å²) >= 11 is 0. The van der Waals surface area contributed by atoms with E-state index in [1.165, 1.54) is 0 Å². The average Bonchev–Trinajstić information content (AvgIpc) is 2.40. The maximum absolute atomic E-state index is 5.91. The summed E-state index contributed by atoms with van der Waals surface area (Å²) in [5.74, 6) is 1.29. The molecule has 4 heteroatoms. The molecule has 0 bridgehead atoms. The summed E-state index contributed by atoms with van der Waals surface area (Å²) in [6.45, 7) is 3.73. The van der Waals surface area contributed by atoms with Gasteiger partial charge in [0, 0.05) is 31.0 Å². The smallest absolute Gasteiger partial charge is 0.133 e. The summed E-state index contributed by atoms with van der Waals surface area (Å²) in [4.78, 5) is 8.89. The van der Waals surface area contributed by atoms with E-state index in [2.05, 4.69) is 16.9 Å². The predicted octanol–water partition coefficient (Wildman–Crippen LogP) is 1.65. The maximum Gasteiger partial charge on any atom is 0.133 e. The van der Waals surface area contributed by atoms with Crippen molar-refractivity contribution < 1.29 is 4.74 Å². The molecule has 0 spiro atoms. The van der Waals surface area contributed by atoms with Crippen LogP contribution < -0.4 is 5.73 Å². The Kier molecular flexibility index (Phi) is 4.45. The third kappa shape index (κ3) is 3.48. The second kappa shape index (κ2) is 6.07. The third-order valence-corrected chi connectivity index (χ3v) is 3.27. The molecular formula is C13H21N3O. The standard InChI is InChI=1S/C13H21N3O/c1-2-12(14)6-10-7-15-13(16-8-10)11-4-3-5-17-9-11/h7-8,11-12H,2-6,9,14H2,1H3. The first-order valence-electron chi connectivity index (χ1n) is 6.43. The highest BCUT2D eigenvalue weighted by molar-refractivity contribution is 5.09. The molecule has 2 rings (SSSR count). The van der Waals surface area contributed by atoms with Gasteiger partial charge in [-0.2, -0.15) is 0 Å². The van der Waals surface area contributed by atoms with Crippen LogP contribution in [0.15, 0.2) is 12.4 Å². The van der Waals surface area contributed by atoms with Crippen molar-refractivity contribution >= 4 is 0 Å². The lowest BCUT2D eigenvalue weighted by atomic mass is 10.0. The van der Waals surface area contributed by atoms with E-state index < -0.39 is 0 Å². The molecule has 1 aromatic rings. The van der Waals surface area contributed by atoms with Crippen molar-refractivity contribution in [3.63, 3.8) is 0 Å². The van der Waals surface area contributed by atoms with E-state index in [0.29, 0.717) is 5.92 Å². The molecule has 0 saturated carbocycles. The summed E-state index contributed by atoms with van der Waals surface area (Å²) < 4.78 is 5.45. The first-order valence-corrected chi connectivity index (χ1v) is 6.43. The van der Waals surface area contributed by atoms with Crippen LogP contribution in [0, 0.1) is 0 Å². The molecule has 2 unspecified atom stereocenters. The highest BCUT2D eigenvalue weighted by atomic mass is 16.5. The molecule has 17 heavy (non-hydrogen) atoms. The normalized spacial score (nSPS) is 22.4. The Bertz CT molecular complexity index is 333. The van der Waals surface area contributed by atoms with Gasteiger partial charge in [-0.25, -0.2) is 9.97 Å². The van der Waals surface area contributed by atoms with Crippen LogP contribution in [-0.4, -0.2) is 29.2 Å². The van der Waals surface area contributed by atoms with Gasteiger partial charge < -0.3 is 10.5 Å². The van der Waals surface area contributed by atoms with Crippen molar-refractivity contribution in [3.8, 4) is 0 Å². The summed E-state index contributed by atoms with van der Waals surface area (Å²) in [7, 11) is 0. The Morgan fingerprint density at radius 2 is 2.24 bits per heavy atom. The van der Waals surface area contributed by atoms with E-state index in [1.54, 1.807) is 0 Å². The summed E-state index contributed by atoms with van der Waals surface area (Å²) in [5.41, 5.74) is 7.04. The molecule has 4 nitrogen and oxygen atoms in total. The quantitative estimate of drug-likeness (QED) is 0.862. The van der Waals surface area contributed by atoms with Crippen molar-refractivity contribution in [1.82, 2.24) is 9.97 Å². The summed E-state index contributed by atoms with van der Waals surface area (Å²) in [5, 5.41) is 0. The molecule has 0 aromatic carbocycles. The highest BCUT2D eigenvalue weighted by Gasteiger charge is 2.18. The molecular weight excluding hydrogens is 214 g/mol. The van der Waals surface area contributed by atoms with Crippen molar-refractivity contribution in [2.45, 2.75) is 44.6 Å². The summed E-state index contributed by atoms with van der Waals surface area (Å²) in [6, 6.07) is 0.211. The lowest BCUT2D eigenvalue weighted by molar-refractivity contribution is 0.0780. The fourth-order valence-corrected chi connectivity index (χ4v) is 2.07. The van der Waals surface area contributed by atoms with E-state index in [0.717, 1.165) is 50.3 Å². The molecule has 94 valence electrons. The van der Waals surface area contributed by atoms with Crippen LogP contribution in [0.4, 0.5) is 0 Å². The lowest BCUT2D eigenvalue weighted by Crippen LogP contribution is -2.22. The molecule has 1 aliphatic rings. The fourth-order valence-electron chi connectivity index (χ4n) is 2.07. The van der Waals surface area contributed by atoms with Crippen LogP contribution in [-0.2, 0) is 11.2 Å². The molecule has 2 atom stereocenters. The Morgan fingerprint density at radius 1 is 1.47 bits per heavy atom. The van der Waals surface area contributed by atoms with Gasteiger partial charge in [-0.05, 0) is 31.2 Å². The average molecular weight is 235 g/mol. The molecule has 0 amide bonds. The fraction of sp³-hybridized carbons (Fsp3) is 0.692. The van der Waals surface area contributed by atoms with Crippen LogP contribution in [0.1, 0.15) is 43.5 Å². The van der Waals surface area contributed by atoms with Crippen molar-refractivity contribution in [1.29, 1.82) is 0 Å². The first kappa shape index (κ1) is 12.5. The largest absolute Gasteiger partial charge is 0.381 e. The topological polar surface area (TPSA) is 61.0 Å². The minimum Gasteiger partial charge on any atom is -0.381 e. The Labute approximate surface area is 103 Å². The van der Waals surface area contributed by atoms with Crippen LogP contribution in [0.2, 0.25) is 0 Å². The highest BCUT2D eigenvalue weighted by Crippen LogP contribution is 2.22. The lowest BCUT2D eigenvalue weighted by Gasteiger charge is -2.20. The maximum atomic E-state index is 5.91. The van der Waals surface area contributed by atoms with Gasteiger partial charge >= 0.3 is 0 Å². The van der Waals surface area contributed by atoms with Crippen molar-refractivity contribution in [2.75, 3.05) is 13.2 Å². The van der Waals surface area contributed by atoms with Gasteiger partial charge in [0.25, 0.3) is 0 Å². The number of rotatable bonds is 4. The van der Waals surface area contributed by atoms with Gasteiger partial charge in [-0.1, -0.05) is 6.92 Å². The first-order chi connectivity index (χ1) is 8.29. The minimum atomic E-state index is 0.211. The van der Waals surface area contributed by atoms with Crippen LogP contribution in [0.25, 0.3) is 0 Å². The van der Waals surface area contributed by atoms with E-state index >= 15 is 0 Å². The van der Waals surface area contributed by atoms with Crippen molar-refractivity contribution in [2.24, 2.45) is 5.73 Å². The van der Waals surface area contributed by atoms with Crippen LogP contribution >= 0.6 is 0 Å². The second-order valence-corrected chi connectivity index (χ2v) is 4.74. The number of nitrogens with zero attached hydrogens (tertiary/aromatic N) is 2. The van der Waals surface area contributed by atoms with Gasteiger partial charge in [0.05, 0.1) is 6.61 Å². The molecule has 0 radical (unpaired) electrons. The van der Waals surface area contributed by atoms with E-state index in [4.69, 9.17) is 10.5 Å². The molecule has 1 fully saturated rings. The zero-order valence-electron chi connectivity index (χ0n) is 10.4. The molecule has 2 heterocycles. The molecule has 2 N–H and O–H groups in total. The van der Waals surface area contributed by atoms with Gasteiger partial charge in [-0.15, -0.1) is 0 Å². The van der Waals surface area contributed by atoms with Gasteiger partial charge in [0.2, 0.25) is 0 Å². The number of ether oxygens (including phenoxy) is 1. The number of nitrogens with two attached hydrogens (primary N) is 1. The predicted molar refractivity (Wildman–Crippen MR) is 66.8 cm³/mol.